The second-order valence-corrected chi connectivity index (χ2v) is 9.88. The number of carbonyl (C=O) groups is 1. The van der Waals surface area contributed by atoms with Crippen LogP contribution < -0.4 is 0 Å². The molecule has 7 nitrogen and oxygen atoms in total. The third kappa shape index (κ3) is 7.59. The van der Waals surface area contributed by atoms with Gasteiger partial charge < -0.3 is 14.2 Å². The zero-order valence-corrected chi connectivity index (χ0v) is 22.9. The summed E-state index contributed by atoms with van der Waals surface area (Å²) < 4.78 is 18.2. The summed E-state index contributed by atoms with van der Waals surface area (Å²) in [5.41, 5.74) is 4.08. The lowest BCUT2D eigenvalue weighted by atomic mass is 9.86. The van der Waals surface area contributed by atoms with Crippen molar-refractivity contribution in [1.29, 1.82) is 0 Å². The molecular weight excluding hydrogens is 466 g/mol. The minimum Gasteiger partial charge on any atom is -0.454 e. The van der Waals surface area contributed by atoms with Crippen LogP contribution >= 0.6 is 11.6 Å². The Labute approximate surface area is 214 Å². The highest BCUT2D eigenvalue weighted by Crippen LogP contribution is 2.34. The number of nitrogens with zero attached hydrogens (tertiary/aromatic N) is 3. The second-order valence-electron chi connectivity index (χ2n) is 9.50. The molecule has 192 valence electrons. The van der Waals surface area contributed by atoms with Crippen molar-refractivity contribution in [3.05, 3.63) is 51.8 Å². The van der Waals surface area contributed by atoms with E-state index in [2.05, 4.69) is 43.0 Å². The van der Waals surface area contributed by atoms with Crippen LogP contribution in [0.1, 0.15) is 70.5 Å². The molecule has 2 aromatic rings. The van der Waals surface area contributed by atoms with E-state index in [1.807, 2.05) is 39.8 Å². The fourth-order valence-corrected chi connectivity index (χ4v) is 3.55. The SMILES string of the molecule is CCC(C)COC(=O)OCO/C(=C(/C=N\C)c1ccc(C(C)(C)C)cc1)c1c(Cl)c(C)nn1CC. The largest absolute Gasteiger partial charge is 0.511 e. The second kappa shape index (κ2) is 12.8. The van der Waals surface area contributed by atoms with Crippen LogP contribution in [-0.2, 0) is 26.2 Å². The van der Waals surface area contributed by atoms with Gasteiger partial charge in [0.1, 0.15) is 5.69 Å². The Balaban J connectivity index is 2.49. The zero-order chi connectivity index (χ0) is 26.2. The number of carbonyl (C=O) groups excluding carboxylic acids is 1. The first kappa shape index (κ1) is 28.4. The van der Waals surface area contributed by atoms with Crippen molar-refractivity contribution in [2.75, 3.05) is 20.4 Å². The van der Waals surface area contributed by atoms with E-state index in [4.69, 9.17) is 25.8 Å². The maximum absolute atomic E-state index is 12.1. The van der Waals surface area contributed by atoms with Crippen LogP contribution in [0.3, 0.4) is 0 Å². The third-order valence-electron chi connectivity index (χ3n) is 5.70. The number of aliphatic imine (C=N–C) groups is 1. The highest BCUT2D eigenvalue weighted by Gasteiger charge is 2.23. The first-order chi connectivity index (χ1) is 16.5. The Hall–Kier alpha value is -2.80. The lowest BCUT2D eigenvalue weighted by Gasteiger charge is -2.20. The van der Waals surface area contributed by atoms with Crippen LogP contribution in [0.25, 0.3) is 11.3 Å². The Kier molecular flexibility index (Phi) is 10.4. The minimum absolute atomic E-state index is 0.0192. The van der Waals surface area contributed by atoms with Gasteiger partial charge in [0, 0.05) is 25.4 Å². The molecule has 0 radical (unpaired) electrons. The molecule has 0 bridgehead atoms. The smallest absolute Gasteiger partial charge is 0.454 e. The van der Waals surface area contributed by atoms with Gasteiger partial charge in [-0.15, -0.1) is 0 Å². The molecule has 0 spiro atoms. The molecule has 2 rings (SSSR count). The van der Waals surface area contributed by atoms with E-state index in [1.165, 1.54) is 5.56 Å². The summed E-state index contributed by atoms with van der Waals surface area (Å²) in [5, 5.41) is 4.99. The zero-order valence-electron chi connectivity index (χ0n) is 22.1. The van der Waals surface area contributed by atoms with Gasteiger partial charge in [-0.1, -0.05) is 76.9 Å². The number of aryl methyl sites for hydroxylation is 2. The van der Waals surface area contributed by atoms with Crippen molar-refractivity contribution in [3.63, 3.8) is 0 Å². The van der Waals surface area contributed by atoms with Crippen molar-refractivity contribution in [2.24, 2.45) is 10.9 Å². The highest BCUT2D eigenvalue weighted by molar-refractivity contribution is 6.33. The Morgan fingerprint density at radius 1 is 1.17 bits per heavy atom. The predicted molar refractivity (Wildman–Crippen MR) is 142 cm³/mol. The Morgan fingerprint density at radius 2 is 1.83 bits per heavy atom. The number of ether oxygens (including phenoxy) is 3. The number of hydrogen-bond donors (Lipinski definition) is 0. The maximum atomic E-state index is 12.1. The van der Waals surface area contributed by atoms with Crippen molar-refractivity contribution < 1.29 is 19.0 Å². The molecule has 35 heavy (non-hydrogen) atoms. The number of allylic oxidation sites excluding steroid dienone is 1. The van der Waals surface area contributed by atoms with Crippen LogP contribution in [0.5, 0.6) is 0 Å². The van der Waals surface area contributed by atoms with Gasteiger partial charge in [-0.05, 0) is 36.3 Å². The quantitative estimate of drug-likeness (QED) is 0.152. The monoisotopic (exact) mass is 503 g/mol. The molecule has 1 aromatic carbocycles. The summed E-state index contributed by atoms with van der Waals surface area (Å²) >= 11 is 6.67. The summed E-state index contributed by atoms with van der Waals surface area (Å²) in [4.78, 5) is 16.3. The van der Waals surface area contributed by atoms with Gasteiger partial charge in [0.15, 0.2) is 5.76 Å². The summed E-state index contributed by atoms with van der Waals surface area (Å²) in [6.45, 7) is 14.9. The number of aromatic nitrogens is 2. The summed E-state index contributed by atoms with van der Waals surface area (Å²) in [6, 6.07) is 8.22. The molecule has 0 saturated heterocycles. The van der Waals surface area contributed by atoms with Crippen molar-refractivity contribution in [2.45, 2.75) is 66.8 Å². The highest BCUT2D eigenvalue weighted by atomic mass is 35.5. The molecule has 1 aromatic heterocycles. The average Bonchev–Trinajstić information content (AvgIpc) is 3.11. The fourth-order valence-electron chi connectivity index (χ4n) is 3.33. The van der Waals surface area contributed by atoms with Gasteiger partial charge >= 0.3 is 6.16 Å². The number of benzene rings is 1. The van der Waals surface area contributed by atoms with E-state index < -0.39 is 6.16 Å². The molecule has 8 heteroatoms. The summed E-state index contributed by atoms with van der Waals surface area (Å²) in [6.07, 6.45) is 1.83. The van der Waals surface area contributed by atoms with E-state index in [0.29, 0.717) is 40.9 Å². The standard InChI is InChI=1S/C27H38ClN3O4/c1-9-18(3)16-33-26(32)35-17-34-25(24-23(28)19(4)30-31(24)10-2)22(15-29-8)20-11-13-21(14-12-20)27(5,6)7/h11-15,18H,9-10,16-17H2,1-8H3/b25-22-,29-15-. The van der Waals surface area contributed by atoms with Gasteiger partial charge in [-0.25, -0.2) is 4.79 Å². The first-order valence-electron chi connectivity index (χ1n) is 12.0. The molecule has 0 N–H and O–H groups in total. The predicted octanol–water partition coefficient (Wildman–Crippen LogP) is 6.90. The Morgan fingerprint density at radius 3 is 2.37 bits per heavy atom. The van der Waals surface area contributed by atoms with Crippen LogP contribution in [0.4, 0.5) is 4.79 Å². The topological polar surface area (TPSA) is 74.9 Å². The van der Waals surface area contributed by atoms with Gasteiger partial charge in [0.2, 0.25) is 6.79 Å². The fraction of sp³-hybridized carbons (Fsp3) is 0.519. The lowest BCUT2D eigenvalue weighted by molar-refractivity contribution is -0.0103. The number of rotatable bonds is 10. The van der Waals surface area contributed by atoms with Crippen LogP contribution in [0.2, 0.25) is 5.02 Å². The van der Waals surface area contributed by atoms with E-state index in [0.717, 1.165) is 12.0 Å². The molecular formula is C27H38ClN3O4. The normalized spacial score (nSPS) is 13.5. The molecule has 0 aliphatic rings. The lowest BCUT2D eigenvalue weighted by Crippen LogP contribution is -2.15. The maximum Gasteiger partial charge on any atom is 0.511 e. The molecule has 0 aliphatic heterocycles. The molecule has 0 amide bonds. The summed E-state index contributed by atoms with van der Waals surface area (Å²) in [5.74, 6) is 0.671. The van der Waals surface area contributed by atoms with Gasteiger partial charge in [-0.2, -0.15) is 5.10 Å². The van der Waals surface area contributed by atoms with E-state index in [1.54, 1.807) is 17.9 Å². The van der Waals surface area contributed by atoms with Gasteiger partial charge in [-0.3, -0.25) is 9.67 Å². The molecule has 0 aliphatic carbocycles. The molecule has 0 fully saturated rings. The van der Waals surface area contributed by atoms with Crippen molar-refractivity contribution >= 4 is 35.3 Å². The molecule has 1 atom stereocenters. The van der Waals surface area contributed by atoms with Gasteiger partial charge in [0.05, 0.1) is 17.3 Å². The third-order valence-corrected chi connectivity index (χ3v) is 6.15. The Bertz CT molecular complexity index is 1050. The van der Waals surface area contributed by atoms with E-state index in [9.17, 15) is 4.79 Å². The van der Waals surface area contributed by atoms with Crippen LogP contribution in [0.15, 0.2) is 29.3 Å². The molecule has 1 heterocycles. The first-order valence-corrected chi connectivity index (χ1v) is 12.3. The molecule has 0 saturated carbocycles. The molecule has 1 unspecified atom stereocenters. The minimum atomic E-state index is -0.781. The number of halogens is 1. The van der Waals surface area contributed by atoms with Gasteiger partial charge in [0.25, 0.3) is 0 Å². The summed E-state index contributed by atoms with van der Waals surface area (Å²) in [7, 11) is 1.69. The van der Waals surface area contributed by atoms with E-state index >= 15 is 0 Å². The average molecular weight is 504 g/mol. The van der Waals surface area contributed by atoms with Crippen LogP contribution in [-0.4, -0.2) is 42.6 Å². The van der Waals surface area contributed by atoms with Crippen molar-refractivity contribution in [1.82, 2.24) is 9.78 Å². The van der Waals surface area contributed by atoms with Crippen LogP contribution in [0, 0.1) is 12.8 Å². The van der Waals surface area contributed by atoms with Crippen molar-refractivity contribution in [3.8, 4) is 0 Å². The number of hydrogen-bond acceptors (Lipinski definition) is 6. The van der Waals surface area contributed by atoms with E-state index in [-0.39, 0.29) is 18.1 Å².